The van der Waals surface area contributed by atoms with E-state index in [2.05, 4.69) is 5.32 Å². The highest BCUT2D eigenvalue weighted by molar-refractivity contribution is 7.92. The fourth-order valence-corrected chi connectivity index (χ4v) is 4.38. The van der Waals surface area contributed by atoms with Crippen molar-refractivity contribution in [1.82, 2.24) is 5.32 Å². The van der Waals surface area contributed by atoms with Crippen LogP contribution in [0.15, 0.2) is 0 Å². The molecule has 0 aromatic heterocycles. The maximum absolute atomic E-state index is 12.3. The lowest BCUT2D eigenvalue weighted by Crippen LogP contribution is -2.38. The number of nitrogens with one attached hydrogen (secondary N) is 1. The van der Waals surface area contributed by atoms with Gasteiger partial charge in [-0.2, -0.15) is 0 Å². The highest BCUT2D eigenvalue weighted by atomic mass is 32.2. The molecule has 4 atom stereocenters. The van der Waals surface area contributed by atoms with E-state index in [0.29, 0.717) is 19.4 Å². The molecular formula is C11H23NO3S. The molecule has 1 heterocycles. The zero-order chi connectivity index (χ0) is 12.3. The van der Waals surface area contributed by atoms with Gasteiger partial charge in [0.1, 0.15) is 0 Å². The zero-order valence-electron chi connectivity index (χ0n) is 10.6. The molecule has 0 radical (unpaired) electrons. The first-order valence-corrected chi connectivity index (χ1v) is 7.52. The lowest BCUT2D eigenvalue weighted by molar-refractivity contribution is 0.126. The third kappa shape index (κ3) is 2.96. The van der Waals surface area contributed by atoms with Crippen LogP contribution < -0.4 is 5.32 Å². The van der Waals surface area contributed by atoms with Gasteiger partial charge in [0, 0.05) is 12.6 Å². The average Bonchev–Trinajstić information content (AvgIpc) is 2.64. The first-order valence-electron chi connectivity index (χ1n) is 5.91. The second kappa shape index (κ2) is 5.47. The maximum atomic E-state index is 12.3. The summed E-state index contributed by atoms with van der Waals surface area (Å²) in [6.45, 7) is 6.22. The Labute approximate surface area is 98.7 Å². The van der Waals surface area contributed by atoms with E-state index in [1.165, 1.54) is 0 Å². The molecule has 0 saturated carbocycles. The van der Waals surface area contributed by atoms with Crippen molar-refractivity contribution in [2.24, 2.45) is 0 Å². The van der Waals surface area contributed by atoms with Gasteiger partial charge in [-0.15, -0.1) is 0 Å². The first-order chi connectivity index (χ1) is 7.39. The quantitative estimate of drug-likeness (QED) is 0.788. The van der Waals surface area contributed by atoms with Crippen molar-refractivity contribution in [3.8, 4) is 0 Å². The molecule has 0 spiro atoms. The summed E-state index contributed by atoms with van der Waals surface area (Å²) in [6, 6.07) is 0.224. The molecule has 16 heavy (non-hydrogen) atoms. The van der Waals surface area contributed by atoms with Crippen molar-refractivity contribution in [3.05, 3.63) is 0 Å². The Bertz CT molecular complexity index is 315. The van der Waals surface area contributed by atoms with Crippen molar-refractivity contribution in [3.63, 3.8) is 0 Å². The Balaban J connectivity index is 2.69. The zero-order valence-corrected chi connectivity index (χ0v) is 11.4. The first kappa shape index (κ1) is 13.9. The minimum Gasteiger partial charge on any atom is -0.377 e. The molecule has 96 valence electrons. The minimum absolute atomic E-state index is 0.155. The Hall–Kier alpha value is -0.130. The van der Waals surface area contributed by atoms with E-state index < -0.39 is 9.84 Å². The molecule has 1 N–H and O–H groups in total. The number of rotatable bonds is 5. The lowest BCUT2D eigenvalue weighted by Gasteiger charge is -2.22. The van der Waals surface area contributed by atoms with Crippen molar-refractivity contribution < 1.29 is 13.2 Å². The van der Waals surface area contributed by atoms with Gasteiger partial charge in [-0.1, -0.05) is 0 Å². The summed E-state index contributed by atoms with van der Waals surface area (Å²) in [5.74, 6) is 0. The Morgan fingerprint density at radius 3 is 2.50 bits per heavy atom. The second-order valence-corrected chi connectivity index (χ2v) is 7.32. The number of sulfone groups is 1. The maximum Gasteiger partial charge on any atom is 0.158 e. The van der Waals surface area contributed by atoms with Gasteiger partial charge in [-0.25, -0.2) is 8.42 Å². The van der Waals surface area contributed by atoms with Crippen LogP contribution in [-0.4, -0.2) is 44.7 Å². The highest BCUT2D eigenvalue weighted by Gasteiger charge is 2.39. The van der Waals surface area contributed by atoms with Crippen LogP contribution in [-0.2, 0) is 14.6 Å². The lowest BCUT2D eigenvalue weighted by atomic mass is 10.2. The monoisotopic (exact) mass is 249 g/mol. The largest absolute Gasteiger partial charge is 0.377 e. The molecule has 1 rings (SSSR count). The molecule has 1 saturated heterocycles. The van der Waals surface area contributed by atoms with Crippen LogP contribution in [0.5, 0.6) is 0 Å². The van der Waals surface area contributed by atoms with E-state index in [1.807, 2.05) is 20.9 Å². The molecule has 0 amide bonds. The Morgan fingerprint density at radius 1 is 1.44 bits per heavy atom. The third-order valence-electron chi connectivity index (χ3n) is 3.47. The molecule has 4 unspecified atom stereocenters. The summed E-state index contributed by atoms with van der Waals surface area (Å²) in [5, 5.41) is 2.46. The molecule has 1 aliphatic rings. The van der Waals surface area contributed by atoms with Crippen molar-refractivity contribution >= 4 is 9.84 Å². The van der Waals surface area contributed by atoms with Crippen molar-refractivity contribution in [1.29, 1.82) is 0 Å². The highest BCUT2D eigenvalue weighted by Crippen LogP contribution is 2.25. The predicted molar refractivity (Wildman–Crippen MR) is 65.3 cm³/mol. The van der Waals surface area contributed by atoms with E-state index in [4.69, 9.17) is 4.74 Å². The van der Waals surface area contributed by atoms with Crippen LogP contribution >= 0.6 is 0 Å². The second-order valence-electron chi connectivity index (χ2n) is 4.73. The molecule has 1 aliphatic heterocycles. The Kier molecular flexibility index (Phi) is 4.76. The number of ether oxygens (including phenoxy) is 1. The summed E-state index contributed by atoms with van der Waals surface area (Å²) in [6.07, 6.45) is 1.14. The standard InChI is InChI=1S/C11H23NO3S/c1-8(12-4)7-9(2)16(13,14)11-5-6-15-10(11)3/h8-12H,5-7H2,1-4H3. The van der Waals surface area contributed by atoms with Crippen molar-refractivity contribution in [2.75, 3.05) is 13.7 Å². The van der Waals surface area contributed by atoms with E-state index >= 15 is 0 Å². The van der Waals surface area contributed by atoms with Gasteiger partial charge in [0.2, 0.25) is 0 Å². The van der Waals surface area contributed by atoms with Gasteiger partial charge in [-0.05, 0) is 40.7 Å². The summed E-state index contributed by atoms with van der Waals surface area (Å²) in [5.41, 5.74) is 0. The summed E-state index contributed by atoms with van der Waals surface area (Å²) < 4.78 is 29.9. The SMILES string of the molecule is CNC(C)CC(C)S(=O)(=O)C1CCOC1C. The van der Waals surface area contributed by atoms with Gasteiger partial charge < -0.3 is 10.1 Å². The van der Waals surface area contributed by atoms with Gasteiger partial charge in [0.05, 0.1) is 16.6 Å². The fraction of sp³-hybridized carbons (Fsp3) is 1.00. The van der Waals surface area contributed by atoms with E-state index in [1.54, 1.807) is 6.92 Å². The fourth-order valence-electron chi connectivity index (χ4n) is 2.19. The van der Waals surface area contributed by atoms with Crippen LogP contribution in [0.4, 0.5) is 0 Å². The topological polar surface area (TPSA) is 55.4 Å². The molecule has 0 aromatic rings. The van der Waals surface area contributed by atoms with Crippen molar-refractivity contribution in [2.45, 2.75) is 56.3 Å². The number of hydrogen-bond donors (Lipinski definition) is 1. The van der Waals surface area contributed by atoms with Crippen LogP contribution in [0.1, 0.15) is 33.6 Å². The van der Waals surface area contributed by atoms with E-state index in [0.717, 1.165) is 0 Å². The average molecular weight is 249 g/mol. The minimum atomic E-state index is -3.06. The predicted octanol–water partition coefficient (Wildman–Crippen LogP) is 0.965. The van der Waals surface area contributed by atoms with Crippen LogP contribution in [0.2, 0.25) is 0 Å². The number of hydrogen-bond acceptors (Lipinski definition) is 4. The summed E-state index contributed by atoms with van der Waals surface area (Å²) >= 11 is 0. The van der Waals surface area contributed by atoms with Gasteiger partial charge in [0.15, 0.2) is 9.84 Å². The van der Waals surface area contributed by atoms with Gasteiger partial charge >= 0.3 is 0 Å². The third-order valence-corrected chi connectivity index (χ3v) is 6.24. The summed E-state index contributed by atoms with van der Waals surface area (Å²) in [7, 11) is -1.21. The van der Waals surface area contributed by atoms with Crippen LogP contribution in [0.3, 0.4) is 0 Å². The van der Waals surface area contributed by atoms with Gasteiger partial charge in [-0.3, -0.25) is 0 Å². The van der Waals surface area contributed by atoms with E-state index in [9.17, 15) is 8.42 Å². The van der Waals surface area contributed by atoms with Crippen LogP contribution in [0.25, 0.3) is 0 Å². The molecule has 0 aromatic carbocycles. The molecule has 5 heteroatoms. The molecule has 1 fully saturated rings. The molecule has 0 aliphatic carbocycles. The smallest absolute Gasteiger partial charge is 0.158 e. The summed E-state index contributed by atoms with van der Waals surface area (Å²) in [4.78, 5) is 0. The Morgan fingerprint density at radius 2 is 2.06 bits per heavy atom. The molecular weight excluding hydrogens is 226 g/mol. The van der Waals surface area contributed by atoms with E-state index in [-0.39, 0.29) is 22.6 Å². The molecule has 4 nitrogen and oxygen atoms in total. The normalized spacial score (nSPS) is 30.2. The van der Waals surface area contributed by atoms with Gasteiger partial charge in [0.25, 0.3) is 0 Å². The molecule has 0 bridgehead atoms. The van der Waals surface area contributed by atoms with Crippen LogP contribution in [0, 0.1) is 0 Å².